The van der Waals surface area contributed by atoms with Crippen molar-refractivity contribution in [3.8, 4) is 0 Å². The molecule has 1 atom stereocenters. The molecular formula is C6H15NOS. The van der Waals surface area contributed by atoms with Gasteiger partial charge in [-0.05, 0) is 12.7 Å². The van der Waals surface area contributed by atoms with Crippen molar-refractivity contribution in [2.75, 3.05) is 18.1 Å². The van der Waals surface area contributed by atoms with E-state index in [9.17, 15) is 0 Å². The molecule has 1 unspecified atom stereocenters. The van der Waals surface area contributed by atoms with Crippen LogP contribution in [-0.2, 0) is 0 Å². The molecule has 0 aromatic heterocycles. The number of aliphatic hydroxyl groups is 1. The Labute approximate surface area is 61.0 Å². The van der Waals surface area contributed by atoms with Crippen LogP contribution in [0.4, 0.5) is 0 Å². The maximum absolute atomic E-state index is 8.73. The van der Waals surface area contributed by atoms with Gasteiger partial charge in [-0.25, -0.2) is 0 Å². The quantitative estimate of drug-likeness (QED) is 0.445. The third-order valence-corrected chi connectivity index (χ3v) is 1.79. The fraction of sp³-hybridized carbons (Fsp3) is 1.00. The third kappa shape index (κ3) is 8.27. The molecule has 2 nitrogen and oxygen atoms in total. The van der Waals surface area contributed by atoms with Crippen LogP contribution in [0, 0.1) is 0 Å². The lowest BCUT2D eigenvalue weighted by Crippen LogP contribution is -2.27. The van der Waals surface area contributed by atoms with Crippen LogP contribution in [0.2, 0.25) is 0 Å². The van der Waals surface area contributed by atoms with Gasteiger partial charge in [0, 0.05) is 12.3 Å². The molecule has 0 aromatic rings. The second-order valence-corrected chi connectivity index (χ2v) is 3.22. The van der Waals surface area contributed by atoms with E-state index in [0.29, 0.717) is 0 Å². The van der Waals surface area contributed by atoms with Gasteiger partial charge in [0.1, 0.15) is 6.23 Å². The van der Waals surface area contributed by atoms with Crippen LogP contribution in [0.1, 0.15) is 13.8 Å². The summed E-state index contributed by atoms with van der Waals surface area (Å²) in [5, 5.41) is 11.6. The average molecular weight is 149 g/mol. The number of hydrogen-bond acceptors (Lipinski definition) is 3. The fourth-order valence-electron chi connectivity index (χ4n) is 0.484. The molecule has 0 aliphatic rings. The van der Waals surface area contributed by atoms with E-state index in [4.69, 9.17) is 5.11 Å². The first kappa shape index (κ1) is 9.27. The van der Waals surface area contributed by atoms with Crippen LogP contribution in [0.5, 0.6) is 0 Å². The Morgan fingerprint density at radius 3 is 2.78 bits per heavy atom. The van der Waals surface area contributed by atoms with Gasteiger partial charge in [0.15, 0.2) is 0 Å². The number of thioether (sulfide) groups is 1. The fourth-order valence-corrected chi connectivity index (χ4v) is 1.04. The summed E-state index contributed by atoms with van der Waals surface area (Å²) in [7, 11) is 0. The van der Waals surface area contributed by atoms with Crippen molar-refractivity contribution in [3.63, 3.8) is 0 Å². The van der Waals surface area contributed by atoms with Gasteiger partial charge >= 0.3 is 0 Å². The Bertz CT molecular complexity index is 59.0. The van der Waals surface area contributed by atoms with Gasteiger partial charge in [-0.1, -0.05) is 6.92 Å². The molecule has 0 aliphatic heterocycles. The molecule has 0 heterocycles. The van der Waals surface area contributed by atoms with E-state index in [1.807, 2.05) is 11.8 Å². The monoisotopic (exact) mass is 149 g/mol. The summed E-state index contributed by atoms with van der Waals surface area (Å²) < 4.78 is 0. The number of aliphatic hydroxyl groups excluding tert-OH is 1. The average Bonchev–Trinajstić information content (AvgIpc) is 1.80. The molecule has 2 N–H and O–H groups in total. The predicted octanol–water partition coefficient (Wildman–Crippen LogP) is 0.667. The smallest absolute Gasteiger partial charge is 0.102 e. The molecule has 0 radical (unpaired) electrons. The summed E-state index contributed by atoms with van der Waals surface area (Å²) in [6, 6.07) is 0. The van der Waals surface area contributed by atoms with E-state index < -0.39 is 0 Å². The summed E-state index contributed by atoms with van der Waals surface area (Å²) in [4.78, 5) is 0. The highest BCUT2D eigenvalue weighted by Gasteiger charge is 1.90. The lowest BCUT2D eigenvalue weighted by atomic mass is 10.6. The zero-order valence-corrected chi connectivity index (χ0v) is 6.87. The van der Waals surface area contributed by atoms with Crippen LogP contribution in [0.3, 0.4) is 0 Å². The first-order valence-electron chi connectivity index (χ1n) is 3.26. The van der Waals surface area contributed by atoms with Crippen molar-refractivity contribution in [2.45, 2.75) is 20.1 Å². The molecule has 0 saturated carbocycles. The number of nitrogens with one attached hydrogen (secondary N) is 1. The highest BCUT2D eigenvalue weighted by Crippen LogP contribution is 1.94. The van der Waals surface area contributed by atoms with E-state index in [2.05, 4.69) is 12.2 Å². The molecular weight excluding hydrogens is 134 g/mol. The van der Waals surface area contributed by atoms with Crippen molar-refractivity contribution in [3.05, 3.63) is 0 Å². The van der Waals surface area contributed by atoms with Crippen molar-refractivity contribution in [1.82, 2.24) is 5.32 Å². The lowest BCUT2D eigenvalue weighted by Gasteiger charge is -2.04. The van der Waals surface area contributed by atoms with E-state index >= 15 is 0 Å². The normalized spacial score (nSPS) is 13.7. The molecule has 0 rings (SSSR count). The zero-order valence-electron chi connectivity index (χ0n) is 6.05. The van der Waals surface area contributed by atoms with Gasteiger partial charge < -0.3 is 5.11 Å². The molecule has 0 spiro atoms. The predicted molar refractivity (Wildman–Crippen MR) is 42.7 cm³/mol. The Balaban J connectivity index is 2.75. The zero-order chi connectivity index (χ0) is 7.11. The largest absolute Gasteiger partial charge is 0.379 e. The Hall–Kier alpha value is 0.270. The van der Waals surface area contributed by atoms with E-state index in [1.54, 1.807) is 6.92 Å². The maximum Gasteiger partial charge on any atom is 0.102 e. The molecule has 56 valence electrons. The van der Waals surface area contributed by atoms with E-state index in [0.717, 1.165) is 18.1 Å². The molecule has 0 saturated heterocycles. The molecule has 3 heteroatoms. The SMILES string of the molecule is CCSCCNC(C)O. The van der Waals surface area contributed by atoms with Crippen molar-refractivity contribution in [1.29, 1.82) is 0 Å². The first-order valence-corrected chi connectivity index (χ1v) is 4.42. The second kappa shape index (κ2) is 6.39. The maximum atomic E-state index is 8.73. The molecule has 0 aliphatic carbocycles. The van der Waals surface area contributed by atoms with Gasteiger partial charge in [0.25, 0.3) is 0 Å². The molecule has 9 heavy (non-hydrogen) atoms. The van der Waals surface area contributed by atoms with Gasteiger partial charge in [-0.2, -0.15) is 11.8 Å². The minimum Gasteiger partial charge on any atom is -0.379 e. The highest BCUT2D eigenvalue weighted by atomic mass is 32.2. The van der Waals surface area contributed by atoms with Gasteiger partial charge in [-0.15, -0.1) is 0 Å². The van der Waals surface area contributed by atoms with Gasteiger partial charge in [-0.3, -0.25) is 5.32 Å². The van der Waals surface area contributed by atoms with Crippen LogP contribution < -0.4 is 5.32 Å². The lowest BCUT2D eigenvalue weighted by molar-refractivity contribution is 0.160. The van der Waals surface area contributed by atoms with E-state index in [1.165, 1.54) is 0 Å². The number of rotatable bonds is 5. The minimum atomic E-state index is -0.359. The Morgan fingerprint density at radius 2 is 2.33 bits per heavy atom. The molecule has 0 amide bonds. The van der Waals surface area contributed by atoms with Gasteiger partial charge in [0.05, 0.1) is 0 Å². The second-order valence-electron chi connectivity index (χ2n) is 1.83. The molecule has 0 fully saturated rings. The standard InChI is InChI=1S/C6H15NOS/c1-3-9-5-4-7-6(2)8/h6-8H,3-5H2,1-2H3. The highest BCUT2D eigenvalue weighted by molar-refractivity contribution is 7.99. The third-order valence-electron chi connectivity index (χ3n) is 0.890. The number of hydrogen-bond donors (Lipinski definition) is 2. The van der Waals surface area contributed by atoms with Crippen LogP contribution in [-0.4, -0.2) is 29.4 Å². The van der Waals surface area contributed by atoms with Gasteiger partial charge in [0.2, 0.25) is 0 Å². The molecule has 0 bridgehead atoms. The Morgan fingerprint density at radius 1 is 1.67 bits per heavy atom. The summed E-state index contributed by atoms with van der Waals surface area (Å²) in [5.74, 6) is 2.24. The van der Waals surface area contributed by atoms with Crippen LogP contribution in [0.25, 0.3) is 0 Å². The van der Waals surface area contributed by atoms with E-state index in [-0.39, 0.29) is 6.23 Å². The summed E-state index contributed by atoms with van der Waals surface area (Å²) >= 11 is 1.88. The van der Waals surface area contributed by atoms with Crippen molar-refractivity contribution in [2.24, 2.45) is 0 Å². The molecule has 0 aromatic carbocycles. The van der Waals surface area contributed by atoms with Crippen LogP contribution >= 0.6 is 11.8 Å². The van der Waals surface area contributed by atoms with Crippen molar-refractivity contribution >= 4 is 11.8 Å². The first-order chi connectivity index (χ1) is 4.27. The summed E-state index contributed by atoms with van der Waals surface area (Å²) in [6.45, 7) is 4.76. The minimum absolute atomic E-state index is 0.359. The Kier molecular flexibility index (Phi) is 6.58. The topological polar surface area (TPSA) is 32.3 Å². The van der Waals surface area contributed by atoms with Crippen LogP contribution in [0.15, 0.2) is 0 Å². The van der Waals surface area contributed by atoms with Crippen molar-refractivity contribution < 1.29 is 5.11 Å². The summed E-state index contributed by atoms with van der Waals surface area (Å²) in [6.07, 6.45) is -0.359. The summed E-state index contributed by atoms with van der Waals surface area (Å²) in [5.41, 5.74) is 0.